The zero-order valence-corrected chi connectivity index (χ0v) is 12.4. The van der Waals surface area contributed by atoms with Crippen LogP contribution in [0.3, 0.4) is 0 Å². The molecule has 0 amide bonds. The predicted octanol–water partition coefficient (Wildman–Crippen LogP) is -1.10. The van der Waals surface area contributed by atoms with E-state index < -0.39 is 10.1 Å². The first-order valence-corrected chi connectivity index (χ1v) is 6.10. The summed E-state index contributed by atoms with van der Waals surface area (Å²) in [6.45, 7) is 1.86. The maximum absolute atomic E-state index is 11.1. The fourth-order valence-electron chi connectivity index (χ4n) is 1.57. The molecule has 0 unspecified atom stereocenters. The van der Waals surface area contributed by atoms with Gasteiger partial charge in [-0.2, -0.15) is 0 Å². The molecular weight excluding hydrogens is 249 g/mol. The normalized spacial score (nSPS) is 10.9. The quantitative estimate of drug-likeness (QED) is 0.549. The number of aromatic amines is 1. The molecular formula is C11H10NNaO3S. The van der Waals surface area contributed by atoms with Crippen LogP contribution in [0.5, 0.6) is 0 Å². The molecule has 0 atom stereocenters. The van der Waals surface area contributed by atoms with Gasteiger partial charge in [-0.15, -0.1) is 0 Å². The monoisotopic (exact) mass is 259 g/mol. The Bertz CT molecular complexity index is 619. The molecule has 0 aliphatic rings. The number of hydrogen-bond donors (Lipinski definition) is 1. The second-order valence-electron chi connectivity index (χ2n) is 3.51. The topological polar surface area (TPSA) is 73.0 Å². The standard InChI is InChI=1S/C11H11NO3S.Na/c1-8-6-7-10(12-8)9-4-2-3-5-11(9)16(13,14)15;/h2-7,12H,1H3,(H,13,14,15);/q;+1/p-1. The molecule has 0 aliphatic heterocycles. The van der Waals surface area contributed by atoms with Crippen LogP contribution in [0.25, 0.3) is 11.3 Å². The molecule has 1 heterocycles. The molecule has 0 aliphatic carbocycles. The summed E-state index contributed by atoms with van der Waals surface area (Å²) < 4.78 is 33.2. The number of aryl methyl sites for hydroxylation is 1. The molecule has 0 bridgehead atoms. The number of aromatic nitrogens is 1. The van der Waals surface area contributed by atoms with Crippen molar-refractivity contribution in [3.05, 3.63) is 42.1 Å². The summed E-state index contributed by atoms with van der Waals surface area (Å²) in [5, 5.41) is 0. The first kappa shape index (κ1) is 14.5. The van der Waals surface area contributed by atoms with Crippen molar-refractivity contribution >= 4 is 10.1 Å². The maximum atomic E-state index is 11.1. The van der Waals surface area contributed by atoms with Gasteiger partial charge in [-0.25, -0.2) is 8.42 Å². The average Bonchev–Trinajstić information content (AvgIpc) is 2.64. The molecule has 2 aromatic rings. The van der Waals surface area contributed by atoms with Crippen LogP contribution >= 0.6 is 0 Å². The summed E-state index contributed by atoms with van der Waals surface area (Å²) in [5.74, 6) is 0. The van der Waals surface area contributed by atoms with Crippen molar-refractivity contribution < 1.29 is 42.5 Å². The molecule has 2 rings (SSSR count). The van der Waals surface area contributed by atoms with Crippen molar-refractivity contribution in [1.29, 1.82) is 0 Å². The molecule has 0 spiro atoms. The van der Waals surface area contributed by atoms with Gasteiger partial charge in [0.15, 0.2) is 0 Å². The van der Waals surface area contributed by atoms with Gasteiger partial charge in [-0.1, -0.05) is 18.2 Å². The summed E-state index contributed by atoms with van der Waals surface area (Å²) in [7, 11) is -4.44. The first-order valence-electron chi connectivity index (χ1n) is 4.69. The van der Waals surface area contributed by atoms with Crippen molar-refractivity contribution in [3.63, 3.8) is 0 Å². The zero-order chi connectivity index (χ0) is 11.8. The predicted molar refractivity (Wildman–Crippen MR) is 58.9 cm³/mol. The summed E-state index contributed by atoms with van der Waals surface area (Å²) in [6, 6.07) is 9.72. The van der Waals surface area contributed by atoms with Crippen molar-refractivity contribution in [2.45, 2.75) is 11.8 Å². The van der Waals surface area contributed by atoms with Crippen molar-refractivity contribution in [3.8, 4) is 11.3 Å². The van der Waals surface area contributed by atoms with Crippen LogP contribution in [0.4, 0.5) is 0 Å². The third-order valence-corrected chi connectivity index (χ3v) is 3.17. The van der Waals surface area contributed by atoms with Gasteiger partial charge in [0.05, 0.1) is 4.90 Å². The van der Waals surface area contributed by atoms with Crippen LogP contribution in [-0.2, 0) is 10.1 Å². The van der Waals surface area contributed by atoms with Crippen LogP contribution in [0.2, 0.25) is 0 Å². The van der Waals surface area contributed by atoms with Crippen molar-refractivity contribution in [2.24, 2.45) is 0 Å². The summed E-state index contributed by atoms with van der Waals surface area (Å²) in [4.78, 5) is 2.80. The zero-order valence-electron chi connectivity index (χ0n) is 9.60. The van der Waals surface area contributed by atoms with E-state index in [9.17, 15) is 13.0 Å². The molecule has 0 fully saturated rings. The van der Waals surface area contributed by atoms with Crippen LogP contribution < -0.4 is 29.6 Å². The second-order valence-corrected chi connectivity index (χ2v) is 4.85. The number of rotatable bonds is 2. The Morgan fingerprint density at radius 3 is 2.29 bits per heavy atom. The van der Waals surface area contributed by atoms with Gasteiger partial charge in [-0.3, -0.25) is 0 Å². The average molecular weight is 259 g/mol. The van der Waals surface area contributed by atoms with Gasteiger partial charge in [0.2, 0.25) is 0 Å². The van der Waals surface area contributed by atoms with E-state index in [0.717, 1.165) is 5.69 Å². The third kappa shape index (κ3) is 3.20. The molecule has 1 aromatic carbocycles. The van der Waals surface area contributed by atoms with Crippen LogP contribution in [0.1, 0.15) is 5.69 Å². The van der Waals surface area contributed by atoms with Crippen LogP contribution in [0, 0.1) is 6.92 Å². The summed E-state index contributed by atoms with van der Waals surface area (Å²) in [6.07, 6.45) is 0. The maximum Gasteiger partial charge on any atom is 1.00 e. The Balaban J connectivity index is 0.00000144. The third-order valence-electron chi connectivity index (χ3n) is 2.28. The number of nitrogens with one attached hydrogen (secondary N) is 1. The SMILES string of the molecule is Cc1ccc(-c2ccccc2S(=O)(=O)[O-])[nH]1.[Na+]. The van der Waals surface area contributed by atoms with Gasteiger partial charge in [0.1, 0.15) is 10.1 Å². The molecule has 84 valence electrons. The van der Waals surface area contributed by atoms with Gasteiger partial charge in [0.25, 0.3) is 0 Å². The molecule has 0 saturated heterocycles. The van der Waals surface area contributed by atoms with Gasteiger partial charge >= 0.3 is 29.6 Å². The van der Waals surface area contributed by atoms with E-state index in [4.69, 9.17) is 0 Å². The van der Waals surface area contributed by atoms with E-state index in [0.29, 0.717) is 11.3 Å². The van der Waals surface area contributed by atoms with E-state index in [2.05, 4.69) is 4.98 Å². The van der Waals surface area contributed by atoms with E-state index >= 15 is 0 Å². The fourth-order valence-corrected chi connectivity index (χ4v) is 2.26. The minimum absolute atomic E-state index is 0. The van der Waals surface area contributed by atoms with Crippen molar-refractivity contribution in [2.75, 3.05) is 0 Å². The molecule has 4 nitrogen and oxygen atoms in total. The summed E-state index contributed by atoms with van der Waals surface area (Å²) >= 11 is 0. The van der Waals surface area contributed by atoms with Gasteiger partial charge < -0.3 is 9.54 Å². The smallest absolute Gasteiger partial charge is 0.744 e. The van der Waals surface area contributed by atoms with Crippen molar-refractivity contribution in [1.82, 2.24) is 4.98 Å². The first-order chi connectivity index (χ1) is 7.48. The van der Waals surface area contributed by atoms with Crippen LogP contribution in [-0.4, -0.2) is 18.0 Å². The Morgan fingerprint density at radius 1 is 1.12 bits per heavy atom. The Labute approximate surface area is 122 Å². The minimum Gasteiger partial charge on any atom is -0.744 e. The second kappa shape index (κ2) is 5.37. The minimum atomic E-state index is -4.44. The molecule has 0 saturated carbocycles. The van der Waals surface area contributed by atoms with E-state index in [-0.39, 0.29) is 34.5 Å². The van der Waals surface area contributed by atoms with Gasteiger partial charge in [0, 0.05) is 17.0 Å². The molecule has 1 N–H and O–H groups in total. The molecule has 0 radical (unpaired) electrons. The fraction of sp³-hybridized carbons (Fsp3) is 0.0909. The van der Waals surface area contributed by atoms with E-state index in [1.807, 2.05) is 13.0 Å². The Hall–Kier alpha value is -0.590. The molecule has 17 heavy (non-hydrogen) atoms. The van der Waals surface area contributed by atoms with E-state index in [1.165, 1.54) is 12.1 Å². The number of hydrogen-bond acceptors (Lipinski definition) is 3. The largest absolute Gasteiger partial charge is 1.00 e. The Morgan fingerprint density at radius 2 is 1.76 bits per heavy atom. The number of benzene rings is 1. The van der Waals surface area contributed by atoms with Gasteiger partial charge in [-0.05, 0) is 25.1 Å². The van der Waals surface area contributed by atoms with Crippen LogP contribution in [0.15, 0.2) is 41.3 Å². The number of H-pyrrole nitrogens is 1. The molecule has 6 heteroatoms. The molecule has 1 aromatic heterocycles. The van der Waals surface area contributed by atoms with E-state index in [1.54, 1.807) is 18.2 Å². The Kier molecular flexibility index (Phi) is 4.57. The summed E-state index contributed by atoms with van der Waals surface area (Å²) in [5.41, 5.74) is 1.95.